The maximum atomic E-state index is 11.7. The Morgan fingerprint density at radius 2 is 2.06 bits per heavy atom. The second-order valence-corrected chi connectivity index (χ2v) is 4.79. The Bertz CT molecular complexity index is 234. The van der Waals surface area contributed by atoms with Crippen molar-refractivity contribution in [3.05, 3.63) is 0 Å². The maximum absolute atomic E-state index is 11.7. The van der Waals surface area contributed by atoms with Crippen molar-refractivity contribution >= 4 is 23.6 Å². The Morgan fingerprint density at radius 1 is 1.44 bits per heavy atom. The lowest BCUT2D eigenvalue weighted by molar-refractivity contribution is -0.137. The van der Waals surface area contributed by atoms with Crippen molar-refractivity contribution in [2.75, 3.05) is 19.1 Å². The highest BCUT2D eigenvalue weighted by molar-refractivity contribution is 7.98. The number of hydrogen-bond acceptors (Lipinski definition) is 3. The molecule has 0 aromatic carbocycles. The lowest BCUT2D eigenvalue weighted by atomic mass is 10.1. The topological polar surface area (TPSA) is 63.4 Å². The second-order valence-electron chi connectivity index (χ2n) is 3.81. The second kappa shape index (κ2) is 8.44. The van der Waals surface area contributed by atoms with Crippen LogP contribution in [0, 0.1) is 0 Å². The molecule has 0 spiro atoms. The zero-order chi connectivity index (χ0) is 12.6. The minimum atomic E-state index is -0.461. The van der Waals surface area contributed by atoms with Crippen LogP contribution in [0.3, 0.4) is 0 Å². The number of carbonyl (C=O) groups excluding carboxylic acids is 2. The van der Waals surface area contributed by atoms with Gasteiger partial charge in [-0.1, -0.05) is 13.3 Å². The van der Waals surface area contributed by atoms with Gasteiger partial charge < -0.3 is 10.6 Å². The molecule has 0 aromatic heterocycles. The molecule has 2 N–H and O–H groups in total. The summed E-state index contributed by atoms with van der Waals surface area (Å²) in [5.41, 5.74) is 5.30. The molecule has 1 atom stereocenters. The first-order valence-electron chi connectivity index (χ1n) is 5.58. The number of nitrogens with zero attached hydrogens (tertiary/aromatic N) is 1. The van der Waals surface area contributed by atoms with Crippen LogP contribution in [0.1, 0.15) is 32.6 Å². The molecule has 2 amide bonds. The van der Waals surface area contributed by atoms with Crippen LogP contribution in [-0.4, -0.2) is 41.8 Å². The first-order valence-corrected chi connectivity index (χ1v) is 6.97. The van der Waals surface area contributed by atoms with Crippen molar-refractivity contribution in [2.45, 2.75) is 38.6 Å². The smallest absolute Gasteiger partial charge is 0.240 e. The van der Waals surface area contributed by atoms with Gasteiger partial charge in [-0.3, -0.25) is 9.59 Å². The van der Waals surface area contributed by atoms with E-state index in [4.69, 9.17) is 5.73 Å². The molecule has 94 valence electrons. The number of primary amides is 1. The predicted molar refractivity (Wildman–Crippen MR) is 68.3 cm³/mol. The summed E-state index contributed by atoms with van der Waals surface area (Å²) in [4.78, 5) is 24.5. The molecule has 0 heterocycles. The SMILES string of the molecule is CCCCC(=O)N(C)[C@@H](CCSC)C(N)=O. The molecule has 0 aliphatic rings. The summed E-state index contributed by atoms with van der Waals surface area (Å²) in [5, 5.41) is 0. The van der Waals surface area contributed by atoms with Gasteiger partial charge in [-0.2, -0.15) is 11.8 Å². The van der Waals surface area contributed by atoms with E-state index in [1.165, 1.54) is 4.90 Å². The molecule has 0 rings (SSSR count). The lowest BCUT2D eigenvalue weighted by Gasteiger charge is -2.25. The lowest BCUT2D eigenvalue weighted by Crippen LogP contribution is -2.45. The fraction of sp³-hybridized carbons (Fsp3) is 0.818. The molecule has 16 heavy (non-hydrogen) atoms. The van der Waals surface area contributed by atoms with Gasteiger partial charge in [0.2, 0.25) is 11.8 Å². The number of amides is 2. The van der Waals surface area contributed by atoms with E-state index in [2.05, 4.69) is 0 Å². The van der Waals surface area contributed by atoms with E-state index in [0.29, 0.717) is 12.8 Å². The standard InChI is InChI=1S/C11H22N2O2S/c1-4-5-6-10(14)13(2)9(11(12)15)7-8-16-3/h9H,4-8H2,1-3H3,(H2,12,15)/t9-/m0/s1. The van der Waals surface area contributed by atoms with Crippen molar-refractivity contribution < 1.29 is 9.59 Å². The number of unbranched alkanes of at least 4 members (excludes halogenated alkanes) is 1. The van der Waals surface area contributed by atoms with E-state index < -0.39 is 11.9 Å². The number of likely N-dealkylation sites (N-methyl/N-ethyl adjacent to an activating group) is 1. The molecule has 0 saturated carbocycles. The van der Waals surface area contributed by atoms with Gasteiger partial charge in [0.15, 0.2) is 0 Å². The monoisotopic (exact) mass is 246 g/mol. The van der Waals surface area contributed by atoms with E-state index in [0.717, 1.165) is 18.6 Å². The first-order chi connectivity index (χ1) is 7.54. The summed E-state index contributed by atoms with van der Waals surface area (Å²) in [7, 11) is 1.66. The van der Waals surface area contributed by atoms with E-state index in [1.807, 2.05) is 13.2 Å². The van der Waals surface area contributed by atoms with Crippen molar-refractivity contribution in [1.29, 1.82) is 0 Å². The Hall–Kier alpha value is -0.710. The fourth-order valence-corrected chi connectivity index (χ4v) is 1.89. The number of rotatable bonds is 8. The summed E-state index contributed by atoms with van der Waals surface area (Å²) in [5.74, 6) is 0.423. The van der Waals surface area contributed by atoms with Crippen LogP contribution in [-0.2, 0) is 9.59 Å². The van der Waals surface area contributed by atoms with Crippen LogP contribution in [0.15, 0.2) is 0 Å². The van der Waals surface area contributed by atoms with Gasteiger partial charge in [0.05, 0.1) is 0 Å². The maximum Gasteiger partial charge on any atom is 0.240 e. The fourth-order valence-electron chi connectivity index (χ4n) is 1.43. The summed E-state index contributed by atoms with van der Waals surface area (Å²) < 4.78 is 0. The van der Waals surface area contributed by atoms with Crippen LogP contribution in [0.4, 0.5) is 0 Å². The van der Waals surface area contributed by atoms with Gasteiger partial charge in [-0.15, -0.1) is 0 Å². The van der Waals surface area contributed by atoms with Gasteiger partial charge in [0, 0.05) is 13.5 Å². The van der Waals surface area contributed by atoms with Crippen LogP contribution in [0.25, 0.3) is 0 Å². The van der Waals surface area contributed by atoms with E-state index in [1.54, 1.807) is 18.8 Å². The molecule has 0 aliphatic heterocycles. The summed E-state index contributed by atoms with van der Waals surface area (Å²) in [6, 6.07) is -0.461. The molecular weight excluding hydrogens is 224 g/mol. The highest BCUT2D eigenvalue weighted by Gasteiger charge is 2.23. The largest absolute Gasteiger partial charge is 0.368 e. The highest BCUT2D eigenvalue weighted by atomic mass is 32.2. The van der Waals surface area contributed by atoms with Gasteiger partial charge >= 0.3 is 0 Å². The summed E-state index contributed by atoms with van der Waals surface area (Å²) in [6.07, 6.45) is 4.93. The zero-order valence-corrected chi connectivity index (χ0v) is 11.2. The Labute approximate surface area is 102 Å². The van der Waals surface area contributed by atoms with Crippen LogP contribution in [0.2, 0.25) is 0 Å². The van der Waals surface area contributed by atoms with Crippen molar-refractivity contribution in [3.8, 4) is 0 Å². The number of nitrogens with two attached hydrogens (primary N) is 1. The Balaban J connectivity index is 4.30. The van der Waals surface area contributed by atoms with Gasteiger partial charge in [0.1, 0.15) is 6.04 Å². The third-order valence-corrected chi connectivity index (χ3v) is 3.17. The first kappa shape index (κ1) is 15.3. The number of hydrogen-bond donors (Lipinski definition) is 1. The molecule has 0 aromatic rings. The predicted octanol–water partition coefficient (Wildman–Crippen LogP) is 1.24. The van der Waals surface area contributed by atoms with Gasteiger partial charge in [0.25, 0.3) is 0 Å². The average molecular weight is 246 g/mol. The average Bonchev–Trinajstić information content (AvgIpc) is 2.25. The molecule has 4 nitrogen and oxygen atoms in total. The Kier molecular flexibility index (Phi) is 8.07. The van der Waals surface area contributed by atoms with Crippen LogP contribution < -0.4 is 5.73 Å². The highest BCUT2D eigenvalue weighted by Crippen LogP contribution is 2.09. The van der Waals surface area contributed by atoms with Gasteiger partial charge in [-0.05, 0) is 24.9 Å². The molecule has 0 bridgehead atoms. The molecular formula is C11H22N2O2S. The molecule has 0 saturated heterocycles. The molecule has 0 radical (unpaired) electrons. The van der Waals surface area contributed by atoms with Crippen LogP contribution >= 0.6 is 11.8 Å². The molecule has 5 heteroatoms. The third kappa shape index (κ3) is 5.39. The molecule has 0 unspecified atom stereocenters. The minimum absolute atomic E-state index is 0.00625. The van der Waals surface area contributed by atoms with Crippen LogP contribution in [0.5, 0.6) is 0 Å². The summed E-state index contributed by atoms with van der Waals surface area (Å²) >= 11 is 1.65. The van der Waals surface area contributed by atoms with Crippen molar-refractivity contribution in [2.24, 2.45) is 5.73 Å². The van der Waals surface area contributed by atoms with Gasteiger partial charge in [-0.25, -0.2) is 0 Å². The third-order valence-electron chi connectivity index (χ3n) is 2.53. The normalized spacial score (nSPS) is 12.2. The van der Waals surface area contributed by atoms with E-state index in [-0.39, 0.29) is 5.91 Å². The molecule has 0 fully saturated rings. The Morgan fingerprint density at radius 3 is 2.50 bits per heavy atom. The zero-order valence-electron chi connectivity index (χ0n) is 10.4. The van der Waals surface area contributed by atoms with Crippen molar-refractivity contribution in [1.82, 2.24) is 4.90 Å². The summed E-state index contributed by atoms with van der Waals surface area (Å²) in [6.45, 7) is 2.03. The molecule has 0 aliphatic carbocycles. The number of carbonyl (C=O) groups is 2. The van der Waals surface area contributed by atoms with E-state index >= 15 is 0 Å². The number of thioether (sulfide) groups is 1. The minimum Gasteiger partial charge on any atom is -0.368 e. The van der Waals surface area contributed by atoms with E-state index in [9.17, 15) is 9.59 Å². The van der Waals surface area contributed by atoms with Crippen molar-refractivity contribution in [3.63, 3.8) is 0 Å². The quantitative estimate of drug-likeness (QED) is 0.701.